The maximum Gasteiger partial charge on any atom is 0.490 e. The molecule has 1 fully saturated rings. The zero-order valence-corrected chi connectivity index (χ0v) is 20.2. The molecule has 1 spiro atoms. The van der Waals surface area contributed by atoms with Gasteiger partial charge in [-0.1, -0.05) is 50.2 Å². The predicted molar refractivity (Wildman–Crippen MR) is 124 cm³/mol. The number of nitrogens with zero attached hydrogens (tertiary/aromatic N) is 2. The van der Waals surface area contributed by atoms with Crippen LogP contribution in [0, 0.1) is 11.7 Å². The maximum atomic E-state index is 14.0. The quantitative estimate of drug-likeness (QED) is 0.594. The molecule has 0 bridgehead atoms. The summed E-state index contributed by atoms with van der Waals surface area (Å²) in [4.78, 5) is 11.1. The molecule has 2 aromatic rings. The fraction of sp³-hybridized carbons (Fsp3) is 0.458. The van der Waals surface area contributed by atoms with Crippen LogP contribution in [0.15, 0.2) is 48.5 Å². The smallest absolute Gasteiger partial charge is 0.475 e. The number of carbonyl (C=O) groups is 1. The van der Waals surface area contributed by atoms with Crippen molar-refractivity contribution in [1.82, 2.24) is 4.90 Å². The zero-order valence-electron chi connectivity index (χ0n) is 19.4. The van der Waals surface area contributed by atoms with E-state index in [1.807, 2.05) is 44.2 Å². The first kappa shape index (κ1) is 26.9. The van der Waals surface area contributed by atoms with E-state index < -0.39 is 26.9 Å². The molecule has 0 amide bonds. The van der Waals surface area contributed by atoms with Crippen LogP contribution < -0.4 is 4.31 Å². The third-order valence-electron chi connectivity index (χ3n) is 6.24. The van der Waals surface area contributed by atoms with Gasteiger partial charge in [0.2, 0.25) is 10.0 Å². The van der Waals surface area contributed by atoms with Crippen molar-refractivity contribution in [3.05, 3.63) is 65.5 Å². The second-order valence-electron chi connectivity index (χ2n) is 9.11. The highest BCUT2D eigenvalue weighted by Crippen LogP contribution is 2.52. The van der Waals surface area contributed by atoms with Gasteiger partial charge in [0.05, 0.1) is 5.69 Å². The van der Waals surface area contributed by atoms with Crippen LogP contribution in [0.5, 0.6) is 0 Å². The number of rotatable bonds is 4. The number of anilines is 1. The Labute approximate surface area is 202 Å². The highest BCUT2D eigenvalue weighted by atomic mass is 32.2. The third kappa shape index (κ3) is 5.45. The lowest BCUT2D eigenvalue weighted by molar-refractivity contribution is -0.192. The summed E-state index contributed by atoms with van der Waals surface area (Å²) < 4.78 is 73.8. The molecule has 35 heavy (non-hydrogen) atoms. The van der Waals surface area contributed by atoms with Crippen LogP contribution in [0.4, 0.5) is 23.2 Å². The summed E-state index contributed by atoms with van der Waals surface area (Å²) in [6.07, 6.45) is -4.01. The van der Waals surface area contributed by atoms with Gasteiger partial charge in [0.25, 0.3) is 0 Å². The summed E-state index contributed by atoms with van der Waals surface area (Å²) in [6.45, 7) is 6.37. The number of sulfonamides is 1. The van der Waals surface area contributed by atoms with Crippen LogP contribution >= 0.6 is 0 Å². The first-order valence-corrected chi connectivity index (χ1v) is 12.6. The van der Waals surface area contributed by atoms with Crippen molar-refractivity contribution in [1.29, 1.82) is 0 Å². The van der Waals surface area contributed by atoms with Gasteiger partial charge in [-0.2, -0.15) is 13.2 Å². The Kier molecular flexibility index (Phi) is 7.80. The lowest BCUT2D eigenvalue weighted by atomic mass is 9.87. The fourth-order valence-corrected chi connectivity index (χ4v) is 7.03. The van der Waals surface area contributed by atoms with E-state index in [0.29, 0.717) is 44.6 Å². The number of benzene rings is 2. The maximum absolute atomic E-state index is 14.0. The first-order chi connectivity index (χ1) is 16.3. The van der Waals surface area contributed by atoms with Gasteiger partial charge in [-0.05, 0) is 36.5 Å². The molecule has 2 aliphatic heterocycles. The number of piperidine rings is 1. The van der Waals surface area contributed by atoms with Gasteiger partial charge in [-0.3, -0.25) is 9.21 Å². The molecule has 2 heterocycles. The molecule has 192 valence electrons. The Bertz CT molecular complexity index is 1160. The SMILES string of the molecule is CC(C)CN1c2ccccc2C2(CCN(Cc3ccccc3F)CC2)S1(=O)=O.O=C(O)C(F)(F)F. The molecule has 0 unspecified atom stereocenters. The fourth-order valence-electron chi connectivity index (χ4n) is 4.55. The zero-order chi connectivity index (χ0) is 26.0. The van der Waals surface area contributed by atoms with E-state index in [2.05, 4.69) is 4.90 Å². The van der Waals surface area contributed by atoms with E-state index >= 15 is 0 Å². The highest BCUT2D eigenvalue weighted by molar-refractivity contribution is 7.94. The minimum Gasteiger partial charge on any atom is -0.475 e. The van der Waals surface area contributed by atoms with Crippen LogP contribution in [0.25, 0.3) is 0 Å². The number of halogens is 4. The predicted octanol–water partition coefficient (Wildman–Crippen LogP) is 4.76. The van der Waals surface area contributed by atoms with E-state index in [4.69, 9.17) is 9.90 Å². The van der Waals surface area contributed by atoms with Crippen molar-refractivity contribution in [2.24, 2.45) is 5.92 Å². The van der Waals surface area contributed by atoms with Gasteiger partial charge in [0.15, 0.2) is 0 Å². The molecular weight excluding hydrogens is 488 g/mol. The van der Waals surface area contributed by atoms with E-state index in [0.717, 1.165) is 11.3 Å². The molecule has 2 aliphatic rings. The van der Waals surface area contributed by atoms with Gasteiger partial charge in [-0.15, -0.1) is 0 Å². The molecule has 0 aliphatic carbocycles. The molecule has 6 nitrogen and oxygen atoms in total. The van der Waals surface area contributed by atoms with Gasteiger partial charge < -0.3 is 5.11 Å². The molecule has 4 rings (SSSR count). The van der Waals surface area contributed by atoms with E-state index in [-0.39, 0.29) is 11.7 Å². The molecule has 0 saturated carbocycles. The second-order valence-corrected chi connectivity index (χ2v) is 11.3. The minimum absolute atomic E-state index is 0.204. The lowest BCUT2D eigenvalue weighted by Crippen LogP contribution is -2.48. The van der Waals surface area contributed by atoms with E-state index in [1.54, 1.807) is 16.4 Å². The Morgan fingerprint density at radius 2 is 1.60 bits per heavy atom. The molecular formula is C24H28F4N2O4S. The van der Waals surface area contributed by atoms with Crippen LogP contribution in [0.1, 0.15) is 37.8 Å². The summed E-state index contributed by atoms with van der Waals surface area (Å²) in [6, 6.07) is 14.5. The van der Waals surface area contributed by atoms with Crippen molar-refractivity contribution in [3.8, 4) is 0 Å². The van der Waals surface area contributed by atoms with Gasteiger partial charge >= 0.3 is 12.1 Å². The molecule has 2 aromatic carbocycles. The molecule has 0 atom stereocenters. The summed E-state index contributed by atoms with van der Waals surface area (Å²) in [5.41, 5.74) is 2.43. The van der Waals surface area contributed by atoms with Gasteiger partial charge in [0.1, 0.15) is 10.6 Å². The van der Waals surface area contributed by atoms with E-state index in [9.17, 15) is 26.0 Å². The summed E-state index contributed by atoms with van der Waals surface area (Å²) in [5.74, 6) is -2.71. The number of carboxylic acids is 1. The number of likely N-dealkylation sites (tertiary alicyclic amines) is 1. The van der Waals surface area contributed by atoms with Crippen molar-refractivity contribution >= 4 is 21.7 Å². The first-order valence-electron chi connectivity index (χ1n) is 11.2. The number of hydrogen-bond acceptors (Lipinski definition) is 4. The van der Waals surface area contributed by atoms with Crippen molar-refractivity contribution in [3.63, 3.8) is 0 Å². The van der Waals surface area contributed by atoms with Gasteiger partial charge in [-0.25, -0.2) is 17.6 Å². The second kappa shape index (κ2) is 10.1. The molecule has 1 saturated heterocycles. The van der Waals surface area contributed by atoms with E-state index in [1.165, 1.54) is 6.07 Å². The standard InChI is InChI=1S/C22H27FN2O2S.C2HF3O2/c1-17(2)15-25-21-10-6-4-8-19(21)22(28(25,26)27)11-13-24(14-12-22)16-18-7-3-5-9-20(18)23;3-2(4,5)1(6)7/h3-10,17H,11-16H2,1-2H3;(H,6,7). The Morgan fingerprint density at radius 3 is 2.14 bits per heavy atom. The third-order valence-corrected chi connectivity index (χ3v) is 8.78. The molecule has 11 heteroatoms. The molecule has 0 radical (unpaired) electrons. The highest BCUT2D eigenvalue weighted by Gasteiger charge is 2.56. The van der Waals surface area contributed by atoms with Crippen LogP contribution in [-0.4, -0.2) is 50.2 Å². The summed E-state index contributed by atoms with van der Waals surface area (Å²) in [7, 11) is -3.48. The number of carboxylic acid groups (broad SMARTS) is 1. The van der Waals surface area contributed by atoms with Crippen LogP contribution in [0.3, 0.4) is 0 Å². The molecule has 0 aromatic heterocycles. The van der Waals surface area contributed by atoms with Crippen molar-refractivity contribution in [2.75, 3.05) is 23.9 Å². The average molecular weight is 517 g/mol. The number of fused-ring (bicyclic) bond motifs is 2. The summed E-state index contributed by atoms with van der Waals surface area (Å²) in [5, 5.41) is 7.12. The number of hydrogen-bond donors (Lipinski definition) is 1. The van der Waals surface area contributed by atoms with Crippen molar-refractivity contribution < 1.29 is 35.9 Å². The largest absolute Gasteiger partial charge is 0.490 e. The Morgan fingerprint density at radius 1 is 1.06 bits per heavy atom. The Balaban J connectivity index is 0.000000429. The average Bonchev–Trinajstić information content (AvgIpc) is 2.95. The normalized spacial score (nSPS) is 18.8. The number of alkyl halides is 3. The number of para-hydroxylation sites is 1. The van der Waals surface area contributed by atoms with Crippen LogP contribution in [0.2, 0.25) is 0 Å². The number of aliphatic carboxylic acids is 1. The topological polar surface area (TPSA) is 77.9 Å². The molecule has 1 N–H and O–H groups in total. The monoisotopic (exact) mass is 516 g/mol. The Hall–Kier alpha value is -2.66. The van der Waals surface area contributed by atoms with Gasteiger partial charge in [0, 0.05) is 31.7 Å². The van der Waals surface area contributed by atoms with Crippen LogP contribution in [-0.2, 0) is 26.1 Å². The lowest BCUT2D eigenvalue weighted by Gasteiger charge is -2.39. The van der Waals surface area contributed by atoms with Crippen molar-refractivity contribution in [2.45, 2.75) is 44.2 Å². The summed E-state index contributed by atoms with van der Waals surface area (Å²) >= 11 is 0. The minimum atomic E-state index is -5.08.